The zero-order valence-electron chi connectivity index (χ0n) is 27.0. The maximum atomic E-state index is 14.2. The van der Waals surface area contributed by atoms with Gasteiger partial charge in [-0.2, -0.15) is 0 Å². The second kappa shape index (κ2) is 11.9. The lowest BCUT2D eigenvalue weighted by Crippen LogP contribution is -2.22. The summed E-state index contributed by atoms with van der Waals surface area (Å²) in [5.41, 5.74) is 6.25. The van der Waals surface area contributed by atoms with Gasteiger partial charge in [0.2, 0.25) is 0 Å². The molecule has 1 saturated heterocycles. The minimum atomic E-state index is -0.623. The Morgan fingerprint density at radius 2 is 1.96 bits per heavy atom. The fraction of sp³-hybridized carbons (Fsp3) is 0.432. The first-order chi connectivity index (χ1) is 23.6. The van der Waals surface area contributed by atoms with Crippen molar-refractivity contribution in [2.45, 2.75) is 82.7 Å². The summed E-state index contributed by atoms with van der Waals surface area (Å²) in [6.45, 7) is 0.724. The predicted molar refractivity (Wildman–Crippen MR) is 185 cm³/mol. The number of aryl methyl sites for hydroxylation is 1. The van der Waals surface area contributed by atoms with Crippen LogP contribution < -0.4 is 15.8 Å². The van der Waals surface area contributed by atoms with E-state index in [-0.39, 0.29) is 23.9 Å². The van der Waals surface area contributed by atoms with Gasteiger partial charge in [-0.25, -0.2) is 14.9 Å². The highest BCUT2D eigenvalue weighted by molar-refractivity contribution is 7.23. The molecule has 246 valence electrons. The normalized spacial score (nSPS) is 20.4. The monoisotopic (exact) mass is 662 g/mol. The van der Waals surface area contributed by atoms with Crippen molar-refractivity contribution in [1.82, 2.24) is 25.1 Å². The van der Waals surface area contributed by atoms with Crippen molar-refractivity contribution in [3.8, 4) is 27.6 Å². The number of pyridine rings is 2. The molecule has 10 nitrogen and oxygen atoms in total. The smallest absolute Gasteiger partial charge is 0.434 e. The van der Waals surface area contributed by atoms with Gasteiger partial charge in [-0.3, -0.25) is 9.78 Å². The minimum Gasteiger partial charge on any atom is -0.496 e. The van der Waals surface area contributed by atoms with Gasteiger partial charge >= 0.3 is 5.76 Å². The molecule has 0 unspecified atom stereocenters. The standard InChI is InChI=1S/C37H38N6O4S/c1-46-27-11-5-9-22-23(27)13-15-24(22)40-34-33-21(16-17-38-34)19-28(48-33)30-29(35-41-42-37(45)47-35)25(14-12-20-7-3-2-4-8-20)39-32-26-10-6-18-43(26)36(44)31(30)32/h5,9,11,16-17,19-20,24,26H,2-4,6-8,10,12-15,18H2,1H3,(H,38,40)(H,42,45)/t24-,26-/m0/s1. The summed E-state index contributed by atoms with van der Waals surface area (Å²) in [4.78, 5) is 39.5. The molecule has 9 rings (SSSR count). The van der Waals surface area contributed by atoms with Gasteiger partial charge < -0.3 is 19.4 Å². The van der Waals surface area contributed by atoms with E-state index in [1.807, 2.05) is 29.3 Å². The summed E-state index contributed by atoms with van der Waals surface area (Å²) in [7, 11) is 1.72. The molecule has 5 aromatic rings. The molecule has 6 heterocycles. The summed E-state index contributed by atoms with van der Waals surface area (Å²) < 4.78 is 12.3. The molecule has 2 aliphatic carbocycles. The van der Waals surface area contributed by atoms with Gasteiger partial charge in [-0.05, 0) is 79.2 Å². The van der Waals surface area contributed by atoms with E-state index in [1.165, 1.54) is 43.2 Å². The molecule has 2 N–H and O–H groups in total. The molecule has 4 aromatic heterocycles. The number of amides is 1. The molecule has 48 heavy (non-hydrogen) atoms. The summed E-state index contributed by atoms with van der Waals surface area (Å²) >= 11 is 1.61. The number of fused-ring (bicyclic) bond motifs is 5. The first-order valence-electron chi connectivity index (χ1n) is 17.3. The Bertz CT molecular complexity index is 2110. The van der Waals surface area contributed by atoms with Crippen LogP contribution in [0.4, 0.5) is 5.82 Å². The zero-order chi connectivity index (χ0) is 32.4. The third-order valence-corrected chi connectivity index (χ3v) is 12.1. The van der Waals surface area contributed by atoms with Gasteiger partial charge in [0.15, 0.2) is 0 Å². The molecule has 2 atom stereocenters. The molecule has 1 saturated carbocycles. The summed E-state index contributed by atoms with van der Waals surface area (Å²) in [5, 5.41) is 11.6. The van der Waals surface area contributed by atoms with Crippen LogP contribution in [0.25, 0.3) is 32.0 Å². The third kappa shape index (κ3) is 4.84. The largest absolute Gasteiger partial charge is 0.496 e. The molecular weight excluding hydrogens is 625 g/mol. The average Bonchev–Trinajstić information content (AvgIpc) is 3.95. The number of ether oxygens (including phenoxy) is 1. The molecule has 11 heteroatoms. The Hall–Kier alpha value is -4.51. The van der Waals surface area contributed by atoms with Crippen LogP contribution in [0.5, 0.6) is 5.75 Å². The molecule has 4 aliphatic rings. The summed E-state index contributed by atoms with van der Waals surface area (Å²) in [5.74, 6) is 1.95. The van der Waals surface area contributed by atoms with E-state index in [0.29, 0.717) is 17.0 Å². The maximum absolute atomic E-state index is 14.2. The van der Waals surface area contributed by atoms with E-state index in [2.05, 4.69) is 27.6 Å². The molecule has 0 bridgehead atoms. The van der Waals surface area contributed by atoms with Crippen molar-refractivity contribution in [1.29, 1.82) is 0 Å². The van der Waals surface area contributed by atoms with Crippen LogP contribution in [-0.4, -0.2) is 44.6 Å². The van der Waals surface area contributed by atoms with Crippen LogP contribution >= 0.6 is 11.3 Å². The fourth-order valence-electron chi connectivity index (χ4n) is 8.68. The number of thiophene rings is 1. The molecule has 1 aromatic carbocycles. The first kappa shape index (κ1) is 29.6. The van der Waals surface area contributed by atoms with Crippen LogP contribution in [-0.2, 0) is 12.8 Å². The summed E-state index contributed by atoms with van der Waals surface area (Å²) in [6, 6.07) is 10.5. The van der Waals surface area contributed by atoms with Crippen molar-refractivity contribution in [2.75, 3.05) is 19.0 Å². The van der Waals surface area contributed by atoms with Crippen molar-refractivity contribution in [2.24, 2.45) is 5.92 Å². The number of methoxy groups -OCH3 is 1. The minimum absolute atomic E-state index is 0.00148. The van der Waals surface area contributed by atoms with E-state index < -0.39 is 5.76 Å². The predicted octanol–water partition coefficient (Wildman–Crippen LogP) is 7.61. The number of rotatable bonds is 8. The van der Waals surface area contributed by atoms with Gasteiger partial charge in [-0.1, -0.05) is 44.2 Å². The number of carbonyl (C=O) groups is 1. The number of anilines is 1. The number of hydrogen-bond donors (Lipinski definition) is 2. The number of aromatic amines is 1. The highest BCUT2D eigenvalue weighted by atomic mass is 32.1. The second-order valence-electron chi connectivity index (χ2n) is 13.6. The van der Waals surface area contributed by atoms with Crippen LogP contribution in [0.1, 0.15) is 103 Å². The maximum Gasteiger partial charge on any atom is 0.434 e. The Kier molecular flexibility index (Phi) is 7.33. The third-order valence-electron chi connectivity index (χ3n) is 10.9. The van der Waals surface area contributed by atoms with Crippen LogP contribution in [0.15, 0.2) is 45.7 Å². The van der Waals surface area contributed by atoms with Gasteiger partial charge in [0.05, 0.1) is 46.4 Å². The molecule has 2 fully saturated rings. The fourth-order valence-corrected chi connectivity index (χ4v) is 9.84. The van der Waals surface area contributed by atoms with Gasteiger partial charge in [0, 0.05) is 23.2 Å². The molecule has 1 amide bonds. The lowest BCUT2D eigenvalue weighted by Gasteiger charge is -2.22. The van der Waals surface area contributed by atoms with Crippen LogP contribution in [0.2, 0.25) is 0 Å². The average molecular weight is 663 g/mol. The van der Waals surface area contributed by atoms with E-state index >= 15 is 0 Å². The van der Waals surface area contributed by atoms with E-state index in [9.17, 15) is 9.59 Å². The molecule has 2 aliphatic heterocycles. The van der Waals surface area contributed by atoms with E-state index in [1.54, 1.807) is 18.4 Å². The van der Waals surface area contributed by atoms with E-state index in [4.69, 9.17) is 19.1 Å². The number of H-pyrrole nitrogens is 1. The Labute approximate surface area is 281 Å². The topological polar surface area (TPSA) is 126 Å². The van der Waals surface area contributed by atoms with Crippen molar-refractivity contribution in [3.05, 3.63) is 75.2 Å². The number of nitrogens with zero attached hydrogens (tertiary/aromatic N) is 4. The van der Waals surface area contributed by atoms with Gasteiger partial charge in [0.25, 0.3) is 11.8 Å². The number of nitrogens with one attached hydrogen (secondary N) is 2. The quantitative estimate of drug-likeness (QED) is 0.174. The van der Waals surface area contributed by atoms with Gasteiger partial charge in [0.1, 0.15) is 11.6 Å². The van der Waals surface area contributed by atoms with E-state index in [0.717, 1.165) is 88.6 Å². The zero-order valence-corrected chi connectivity index (χ0v) is 27.8. The van der Waals surface area contributed by atoms with Crippen molar-refractivity contribution in [3.63, 3.8) is 0 Å². The summed E-state index contributed by atoms with van der Waals surface area (Å²) in [6.07, 6.45) is 13.7. The number of hydrogen-bond acceptors (Lipinski definition) is 9. The highest BCUT2D eigenvalue weighted by Gasteiger charge is 2.45. The Morgan fingerprint density at radius 1 is 1.06 bits per heavy atom. The van der Waals surface area contributed by atoms with Gasteiger partial charge in [-0.15, -0.1) is 16.4 Å². The Morgan fingerprint density at radius 3 is 2.79 bits per heavy atom. The SMILES string of the molecule is COc1cccc2c1CC[C@@H]2Nc1nccc2cc(-c3c4c(nc(CCC5CCCCC5)c3-c3n[nH]c(=O)o3)[C@@H]3CCCN3C4=O)sc12. The number of benzene rings is 1. The number of aromatic nitrogens is 4. The Balaban J connectivity index is 1.19. The first-order valence-corrected chi connectivity index (χ1v) is 18.1. The lowest BCUT2D eigenvalue weighted by molar-refractivity contribution is 0.0776. The highest BCUT2D eigenvalue weighted by Crippen LogP contribution is 2.51. The van der Waals surface area contributed by atoms with Crippen LogP contribution in [0.3, 0.4) is 0 Å². The van der Waals surface area contributed by atoms with Crippen LogP contribution in [0, 0.1) is 5.92 Å². The molecule has 0 radical (unpaired) electrons. The number of carbonyl (C=O) groups excluding carboxylic acids is 1. The molecule has 0 spiro atoms. The van der Waals surface area contributed by atoms with Crippen molar-refractivity contribution < 1.29 is 13.9 Å². The molecular formula is C37H38N6O4S. The lowest BCUT2D eigenvalue weighted by atomic mass is 9.84. The second-order valence-corrected chi connectivity index (χ2v) is 14.7. The van der Waals surface area contributed by atoms with Crippen molar-refractivity contribution >= 4 is 33.1 Å².